The topological polar surface area (TPSA) is 101 Å². The highest BCUT2D eigenvalue weighted by Gasteiger charge is 2.15. The number of carbonyl (C=O) groups excluding carboxylic acids is 3. The van der Waals surface area contributed by atoms with Crippen molar-refractivity contribution in [1.82, 2.24) is 4.90 Å². The molecule has 0 atom stereocenters. The maximum atomic E-state index is 12.8. The Morgan fingerprint density at radius 3 is 1.44 bits per heavy atom. The van der Waals surface area contributed by atoms with Crippen molar-refractivity contribution in [3.63, 3.8) is 0 Å². The van der Waals surface area contributed by atoms with Crippen LogP contribution in [0.2, 0.25) is 0 Å². The lowest BCUT2D eigenvalue weighted by atomic mass is 10.0. The molecule has 372 valence electrons. The zero-order valence-electron chi connectivity index (χ0n) is 42.3. The van der Waals surface area contributed by atoms with Crippen molar-refractivity contribution in [3.05, 3.63) is 34.9 Å². The van der Waals surface area contributed by atoms with Crippen LogP contribution in [0.15, 0.2) is 18.2 Å². The fourth-order valence-electron chi connectivity index (χ4n) is 7.97. The van der Waals surface area contributed by atoms with Crippen LogP contribution in [-0.4, -0.2) is 69.4 Å². The Balaban J connectivity index is 2.46. The second-order valence-corrected chi connectivity index (χ2v) is 18.7. The number of hydrogen-bond acceptors (Lipinski definition) is 9. The van der Waals surface area contributed by atoms with E-state index in [0.717, 1.165) is 120 Å². The first kappa shape index (κ1) is 59.5. The van der Waals surface area contributed by atoms with Crippen molar-refractivity contribution in [2.24, 2.45) is 0 Å². The Labute approximate surface area is 393 Å². The molecule has 64 heavy (non-hydrogen) atoms. The van der Waals surface area contributed by atoms with Crippen LogP contribution < -0.4 is 0 Å². The zero-order chi connectivity index (χ0) is 46.6. The van der Waals surface area contributed by atoms with E-state index in [1.807, 2.05) is 20.2 Å². The molecule has 1 aromatic carbocycles. The number of carbonyl (C=O) groups is 3. The second kappa shape index (κ2) is 44.4. The Hall–Kier alpha value is -2.49. The molecule has 9 nitrogen and oxygen atoms in total. The average molecular weight is 902 g/mol. The Kier molecular flexibility index (Phi) is 41.3. The Bertz CT molecular complexity index is 1220. The number of rotatable bonds is 47. The summed E-state index contributed by atoms with van der Waals surface area (Å²) < 4.78 is 29.4. The first-order valence-electron chi connectivity index (χ1n) is 26.7. The van der Waals surface area contributed by atoms with Crippen molar-refractivity contribution in [2.45, 2.75) is 259 Å². The molecule has 9 heteroatoms. The zero-order valence-corrected chi connectivity index (χ0v) is 42.3. The Morgan fingerprint density at radius 2 is 0.891 bits per heavy atom. The molecule has 0 aliphatic rings. The molecule has 0 N–H and O–H groups in total. The van der Waals surface area contributed by atoms with E-state index in [1.54, 1.807) is 0 Å². The first-order chi connectivity index (χ1) is 31.3. The highest BCUT2D eigenvalue weighted by atomic mass is 16.5. The molecule has 1 aromatic rings. The standard InChI is InChI=1S/C55H99NO8/c1-6-9-12-15-18-23-32-44-62-53(57)36-28-21-24-31-43-61-48-51-45-49(46-63-54(58)38-33-41-56(4)5)39-40-50(51)47-60-42-30-25-22-29-37-55(59)64-52(34-26-19-16-13-10-7-2)35-27-20-17-14-11-8-3/h39-40,45,52H,6-38,41-44,46-48H2,1-5H3. The molecule has 1 rings (SSSR count). The van der Waals surface area contributed by atoms with Gasteiger partial charge in [0, 0.05) is 32.5 Å². The van der Waals surface area contributed by atoms with Crippen LogP contribution in [0, 0.1) is 0 Å². The molecule has 0 aromatic heterocycles. The van der Waals surface area contributed by atoms with Gasteiger partial charge >= 0.3 is 17.9 Å². The van der Waals surface area contributed by atoms with Crippen LogP contribution >= 0.6 is 0 Å². The third-order valence-electron chi connectivity index (χ3n) is 12.1. The van der Waals surface area contributed by atoms with Crippen LogP contribution in [-0.2, 0) is 57.9 Å². The van der Waals surface area contributed by atoms with E-state index in [2.05, 4.69) is 37.8 Å². The van der Waals surface area contributed by atoms with Gasteiger partial charge in [0.1, 0.15) is 12.7 Å². The minimum atomic E-state index is -0.179. The highest BCUT2D eigenvalue weighted by molar-refractivity contribution is 5.70. The summed E-state index contributed by atoms with van der Waals surface area (Å²) in [7, 11) is 4.01. The van der Waals surface area contributed by atoms with Gasteiger partial charge in [-0.05, 0) is 108 Å². The number of ether oxygens (including phenoxy) is 5. The SMILES string of the molecule is CCCCCCCCCOC(=O)CCCCCCOCc1cc(COC(=O)CCCN(C)C)ccc1COCCCCCCC(=O)OC(CCCCCCCC)CCCCCCCC. The van der Waals surface area contributed by atoms with Crippen molar-refractivity contribution in [1.29, 1.82) is 0 Å². The predicted molar refractivity (Wildman–Crippen MR) is 264 cm³/mol. The van der Waals surface area contributed by atoms with Gasteiger partial charge in [-0.3, -0.25) is 14.4 Å². The molecule has 0 fully saturated rings. The van der Waals surface area contributed by atoms with Crippen molar-refractivity contribution >= 4 is 17.9 Å². The molecule has 0 amide bonds. The number of benzene rings is 1. The molecule has 0 spiro atoms. The first-order valence-corrected chi connectivity index (χ1v) is 26.7. The van der Waals surface area contributed by atoms with E-state index < -0.39 is 0 Å². The van der Waals surface area contributed by atoms with Crippen molar-refractivity contribution in [2.75, 3.05) is 40.5 Å². The van der Waals surface area contributed by atoms with E-state index >= 15 is 0 Å². The quantitative estimate of drug-likeness (QED) is 0.0359. The summed E-state index contributed by atoms with van der Waals surface area (Å²) in [6.45, 7) is 10.6. The number of hydrogen-bond donors (Lipinski definition) is 0. The largest absolute Gasteiger partial charge is 0.466 e. The van der Waals surface area contributed by atoms with Gasteiger partial charge in [0.15, 0.2) is 0 Å². The fraction of sp³-hybridized carbons (Fsp3) is 0.836. The van der Waals surface area contributed by atoms with Gasteiger partial charge in [-0.25, -0.2) is 0 Å². The monoisotopic (exact) mass is 902 g/mol. The molecule has 0 heterocycles. The summed E-state index contributed by atoms with van der Waals surface area (Å²) in [5.41, 5.74) is 3.07. The number of esters is 3. The van der Waals surface area contributed by atoms with Crippen LogP contribution in [0.1, 0.15) is 249 Å². The van der Waals surface area contributed by atoms with Gasteiger partial charge in [0.25, 0.3) is 0 Å². The van der Waals surface area contributed by atoms with E-state index in [9.17, 15) is 14.4 Å². The van der Waals surface area contributed by atoms with Gasteiger partial charge < -0.3 is 28.6 Å². The predicted octanol–water partition coefficient (Wildman–Crippen LogP) is 14.7. The van der Waals surface area contributed by atoms with E-state index in [0.29, 0.717) is 52.3 Å². The summed E-state index contributed by atoms with van der Waals surface area (Å²) >= 11 is 0. The lowest BCUT2D eigenvalue weighted by Crippen LogP contribution is -2.18. The summed E-state index contributed by atoms with van der Waals surface area (Å²) in [6, 6.07) is 6.16. The van der Waals surface area contributed by atoms with E-state index in [1.165, 1.54) is 96.3 Å². The molecule has 0 aliphatic heterocycles. The molecular weight excluding hydrogens is 803 g/mol. The molecule has 0 unspecified atom stereocenters. The van der Waals surface area contributed by atoms with Gasteiger partial charge in [-0.2, -0.15) is 0 Å². The maximum Gasteiger partial charge on any atom is 0.306 e. The molecule has 0 bridgehead atoms. The summed E-state index contributed by atoms with van der Waals surface area (Å²) in [4.78, 5) is 39.4. The van der Waals surface area contributed by atoms with Crippen LogP contribution in [0.5, 0.6) is 0 Å². The van der Waals surface area contributed by atoms with Gasteiger partial charge in [-0.1, -0.05) is 161 Å². The molecule has 0 aliphatic carbocycles. The molecular formula is C55H99NO8. The number of nitrogens with zero attached hydrogens (tertiary/aromatic N) is 1. The molecule has 0 saturated heterocycles. The third kappa shape index (κ3) is 37.7. The highest BCUT2D eigenvalue weighted by Crippen LogP contribution is 2.20. The van der Waals surface area contributed by atoms with Crippen LogP contribution in [0.4, 0.5) is 0 Å². The minimum absolute atomic E-state index is 0.0262. The van der Waals surface area contributed by atoms with E-state index in [-0.39, 0.29) is 30.6 Å². The van der Waals surface area contributed by atoms with Crippen LogP contribution in [0.3, 0.4) is 0 Å². The minimum Gasteiger partial charge on any atom is -0.466 e. The van der Waals surface area contributed by atoms with Crippen molar-refractivity contribution < 1.29 is 38.1 Å². The second-order valence-electron chi connectivity index (χ2n) is 18.7. The van der Waals surface area contributed by atoms with Gasteiger partial charge in [-0.15, -0.1) is 0 Å². The summed E-state index contributed by atoms with van der Waals surface area (Å²) in [5.74, 6) is -0.280. The fourth-order valence-corrected chi connectivity index (χ4v) is 7.97. The smallest absolute Gasteiger partial charge is 0.306 e. The normalized spacial score (nSPS) is 11.5. The lowest BCUT2D eigenvalue weighted by molar-refractivity contribution is -0.150. The average Bonchev–Trinajstić information content (AvgIpc) is 3.28. The third-order valence-corrected chi connectivity index (χ3v) is 12.1. The van der Waals surface area contributed by atoms with E-state index in [4.69, 9.17) is 23.7 Å². The van der Waals surface area contributed by atoms with Crippen molar-refractivity contribution in [3.8, 4) is 0 Å². The van der Waals surface area contributed by atoms with Gasteiger partial charge in [0.2, 0.25) is 0 Å². The van der Waals surface area contributed by atoms with Crippen LogP contribution in [0.25, 0.3) is 0 Å². The number of unbranched alkanes of at least 4 members (excludes halogenated alkanes) is 22. The summed E-state index contributed by atoms with van der Waals surface area (Å²) in [5, 5.41) is 0. The molecule has 0 saturated carbocycles. The summed E-state index contributed by atoms with van der Waals surface area (Å²) in [6.07, 6.45) is 35.5. The maximum absolute atomic E-state index is 12.8. The van der Waals surface area contributed by atoms with Gasteiger partial charge in [0.05, 0.1) is 19.8 Å². The molecule has 0 radical (unpaired) electrons. The Morgan fingerprint density at radius 1 is 0.453 bits per heavy atom. The lowest BCUT2D eigenvalue weighted by Gasteiger charge is -2.18.